The van der Waals surface area contributed by atoms with Crippen molar-refractivity contribution in [1.82, 2.24) is 9.80 Å². The molecule has 0 unspecified atom stereocenters. The van der Waals surface area contributed by atoms with E-state index in [2.05, 4.69) is 10.8 Å². The van der Waals surface area contributed by atoms with E-state index in [-0.39, 0.29) is 36.2 Å². The lowest BCUT2D eigenvalue weighted by Crippen LogP contribution is -2.36. The fraction of sp³-hybridized carbons (Fsp3) is 0.375. The van der Waals surface area contributed by atoms with Gasteiger partial charge in [-0.2, -0.15) is 0 Å². The van der Waals surface area contributed by atoms with E-state index in [1.807, 2.05) is 37.4 Å². The smallest absolute Gasteiger partial charge is 0.235 e. The van der Waals surface area contributed by atoms with Crippen LogP contribution in [0.5, 0.6) is 0 Å². The molecule has 0 saturated carbocycles. The van der Waals surface area contributed by atoms with E-state index < -0.39 is 0 Å². The van der Waals surface area contributed by atoms with Crippen molar-refractivity contribution in [2.75, 3.05) is 20.1 Å². The number of rotatable bonds is 2. The van der Waals surface area contributed by atoms with E-state index in [1.165, 1.54) is 4.90 Å². The van der Waals surface area contributed by atoms with Gasteiger partial charge in [-0.15, -0.1) is 6.42 Å². The Bertz CT molecular complexity index is 590. The van der Waals surface area contributed by atoms with Crippen LogP contribution in [0.1, 0.15) is 11.6 Å². The monoisotopic (exact) mass is 268 g/mol. The summed E-state index contributed by atoms with van der Waals surface area (Å²) in [6.07, 6.45) is 5.25. The number of terminal acetylenes is 1. The normalized spacial score (nSPS) is 29.6. The van der Waals surface area contributed by atoms with E-state index in [9.17, 15) is 9.59 Å². The van der Waals surface area contributed by atoms with Gasteiger partial charge in [-0.25, -0.2) is 0 Å². The number of hydrogen-bond acceptors (Lipinski definition) is 3. The molecule has 3 rings (SSSR count). The quantitative estimate of drug-likeness (QED) is 0.591. The maximum atomic E-state index is 12.5. The molecule has 0 bridgehead atoms. The molecule has 2 aliphatic heterocycles. The molecule has 0 spiro atoms. The van der Waals surface area contributed by atoms with Crippen LogP contribution in [0.15, 0.2) is 30.3 Å². The second kappa shape index (κ2) is 4.77. The Hall–Kier alpha value is -2.12. The van der Waals surface area contributed by atoms with Crippen molar-refractivity contribution < 1.29 is 9.59 Å². The summed E-state index contributed by atoms with van der Waals surface area (Å²) in [5, 5.41) is 0. The Balaban J connectivity index is 1.97. The summed E-state index contributed by atoms with van der Waals surface area (Å²) in [4.78, 5) is 28.1. The highest BCUT2D eigenvalue weighted by molar-refractivity contribution is 6.06. The first-order valence-corrected chi connectivity index (χ1v) is 6.69. The van der Waals surface area contributed by atoms with Gasteiger partial charge in [0.05, 0.1) is 18.4 Å². The van der Waals surface area contributed by atoms with Crippen LogP contribution in [-0.2, 0) is 9.59 Å². The third-order valence-electron chi connectivity index (χ3n) is 4.26. The lowest BCUT2D eigenvalue weighted by Gasteiger charge is -2.25. The molecule has 102 valence electrons. The third kappa shape index (κ3) is 1.75. The molecule has 20 heavy (non-hydrogen) atoms. The molecule has 2 amide bonds. The predicted octanol–water partition coefficient (Wildman–Crippen LogP) is 0.907. The third-order valence-corrected chi connectivity index (χ3v) is 4.26. The molecule has 0 aromatic heterocycles. The Morgan fingerprint density at radius 1 is 1.25 bits per heavy atom. The van der Waals surface area contributed by atoms with Gasteiger partial charge in [0.15, 0.2) is 0 Å². The van der Waals surface area contributed by atoms with Crippen LogP contribution in [0.4, 0.5) is 0 Å². The van der Waals surface area contributed by atoms with Crippen molar-refractivity contribution in [3.63, 3.8) is 0 Å². The van der Waals surface area contributed by atoms with Gasteiger partial charge in [0.1, 0.15) is 0 Å². The van der Waals surface area contributed by atoms with Crippen molar-refractivity contribution in [2.45, 2.75) is 6.04 Å². The number of benzene rings is 1. The Morgan fingerprint density at radius 3 is 2.60 bits per heavy atom. The lowest BCUT2D eigenvalue weighted by molar-refractivity contribution is -0.140. The highest BCUT2D eigenvalue weighted by Gasteiger charge is 2.56. The molecule has 4 heteroatoms. The standard InChI is InChI=1S/C16H16N2O2/c1-3-9-18-15(19)12-10-17(2)14(13(12)16(18)20)11-7-5-4-6-8-11/h1,4-8,12-14H,9-10H2,2H3/t12-,13-,14-/m0/s1. The average Bonchev–Trinajstić information content (AvgIpc) is 2.91. The minimum Gasteiger partial charge on any atom is -0.298 e. The first-order chi connectivity index (χ1) is 9.65. The van der Waals surface area contributed by atoms with Gasteiger partial charge in [0, 0.05) is 12.6 Å². The molecule has 2 fully saturated rings. The minimum atomic E-state index is -0.303. The number of likely N-dealkylation sites (tertiary alicyclic amines) is 2. The largest absolute Gasteiger partial charge is 0.298 e. The number of fused-ring (bicyclic) bond motifs is 1. The molecule has 2 heterocycles. The molecule has 1 aromatic rings. The topological polar surface area (TPSA) is 40.6 Å². The Labute approximate surface area is 118 Å². The molecule has 0 radical (unpaired) electrons. The first kappa shape index (κ1) is 12.9. The summed E-state index contributed by atoms with van der Waals surface area (Å²) in [5.41, 5.74) is 1.08. The van der Waals surface area contributed by atoms with Crippen LogP contribution < -0.4 is 0 Å². The van der Waals surface area contributed by atoms with Gasteiger partial charge in [-0.05, 0) is 12.6 Å². The van der Waals surface area contributed by atoms with Crippen LogP contribution in [0, 0.1) is 24.2 Å². The molecule has 0 N–H and O–H groups in total. The van der Waals surface area contributed by atoms with E-state index in [1.54, 1.807) is 0 Å². The van der Waals surface area contributed by atoms with Crippen LogP contribution in [0.25, 0.3) is 0 Å². The van der Waals surface area contributed by atoms with Crippen molar-refractivity contribution in [1.29, 1.82) is 0 Å². The summed E-state index contributed by atoms with van der Waals surface area (Å²) in [6, 6.07) is 9.83. The fourth-order valence-electron chi connectivity index (χ4n) is 3.42. The average molecular weight is 268 g/mol. The van der Waals surface area contributed by atoms with Crippen LogP contribution in [-0.4, -0.2) is 41.8 Å². The molecular weight excluding hydrogens is 252 g/mol. The van der Waals surface area contributed by atoms with E-state index >= 15 is 0 Å². The molecule has 4 nitrogen and oxygen atoms in total. The van der Waals surface area contributed by atoms with E-state index in [4.69, 9.17) is 6.42 Å². The van der Waals surface area contributed by atoms with Crippen molar-refractivity contribution in [2.24, 2.45) is 11.8 Å². The maximum absolute atomic E-state index is 12.5. The Morgan fingerprint density at radius 2 is 1.95 bits per heavy atom. The predicted molar refractivity (Wildman–Crippen MR) is 74.3 cm³/mol. The molecular formula is C16H16N2O2. The van der Waals surface area contributed by atoms with Crippen LogP contribution >= 0.6 is 0 Å². The molecule has 1 aromatic carbocycles. The van der Waals surface area contributed by atoms with Crippen LogP contribution in [0.2, 0.25) is 0 Å². The van der Waals surface area contributed by atoms with Crippen molar-refractivity contribution in [3.8, 4) is 12.3 Å². The van der Waals surface area contributed by atoms with E-state index in [0.29, 0.717) is 6.54 Å². The second-order valence-electron chi connectivity index (χ2n) is 5.39. The van der Waals surface area contributed by atoms with Gasteiger partial charge < -0.3 is 0 Å². The minimum absolute atomic E-state index is 0.0413. The SMILES string of the molecule is C#CCN1C(=O)[C@H]2[C@H](CN(C)[C@H]2c2ccccc2)C1=O. The number of amides is 2. The molecule has 2 saturated heterocycles. The summed E-state index contributed by atoms with van der Waals surface area (Å²) in [7, 11) is 1.96. The maximum Gasteiger partial charge on any atom is 0.235 e. The first-order valence-electron chi connectivity index (χ1n) is 6.69. The van der Waals surface area contributed by atoms with Gasteiger partial charge >= 0.3 is 0 Å². The van der Waals surface area contributed by atoms with Gasteiger partial charge in [-0.1, -0.05) is 36.3 Å². The molecule has 0 aliphatic carbocycles. The number of carbonyl (C=O) groups excluding carboxylic acids is 2. The zero-order valence-corrected chi connectivity index (χ0v) is 11.3. The molecule has 2 aliphatic rings. The van der Waals surface area contributed by atoms with E-state index in [0.717, 1.165) is 5.56 Å². The number of imide groups is 1. The van der Waals surface area contributed by atoms with Crippen molar-refractivity contribution in [3.05, 3.63) is 35.9 Å². The zero-order chi connectivity index (χ0) is 14.3. The summed E-state index contributed by atoms with van der Waals surface area (Å²) < 4.78 is 0. The Kier molecular flexibility index (Phi) is 3.07. The van der Waals surface area contributed by atoms with Gasteiger partial charge in [0.2, 0.25) is 11.8 Å². The molecule has 3 atom stereocenters. The van der Waals surface area contributed by atoms with Gasteiger partial charge in [-0.3, -0.25) is 19.4 Å². The number of hydrogen-bond donors (Lipinski definition) is 0. The zero-order valence-electron chi connectivity index (χ0n) is 11.3. The number of nitrogens with zero attached hydrogens (tertiary/aromatic N) is 2. The highest BCUT2D eigenvalue weighted by atomic mass is 16.2. The second-order valence-corrected chi connectivity index (χ2v) is 5.39. The summed E-state index contributed by atoms with van der Waals surface area (Å²) in [5.74, 6) is 1.58. The van der Waals surface area contributed by atoms with Gasteiger partial charge in [0.25, 0.3) is 0 Å². The fourth-order valence-corrected chi connectivity index (χ4v) is 3.42. The summed E-state index contributed by atoms with van der Waals surface area (Å²) in [6.45, 7) is 0.686. The van der Waals surface area contributed by atoms with Crippen LogP contribution in [0.3, 0.4) is 0 Å². The summed E-state index contributed by atoms with van der Waals surface area (Å²) >= 11 is 0. The highest BCUT2D eigenvalue weighted by Crippen LogP contribution is 2.45. The lowest BCUT2D eigenvalue weighted by atomic mass is 9.89. The number of carbonyl (C=O) groups is 2. The van der Waals surface area contributed by atoms with Crippen molar-refractivity contribution >= 4 is 11.8 Å².